The second-order valence-corrected chi connectivity index (χ2v) is 4.37. The molecule has 0 aliphatic carbocycles. The fourth-order valence-corrected chi connectivity index (χ4v) is 2.26. The number of rotatable bonds is 4. The standard InChI is InChI=1S/C13H17F2NO/c1-17-12-8-10(13(14)15)5-4-9(12)7-11-3-2-6-16-11/h4-5,8,11,13,16H,2-3,6-7H2,1H3. The third kappa shape index (κ3) is 2.94. The summed E-state index contributed by atoms with van der Waals surface area (Å²) in [6.07, 6.45) is 0.719. The van der Waals surface area contributed by atoms with Crippen LogP contribution in [0.1, 0.15) is 30.4 Å². The van der Waals surface area contributed by atoms with Crippen LogP contribution in [0.15, 0.2) is 18.2 Å². The summed E-state index contributed by atoms with van der Waals surface area (Å²) in [5.74, 6) is 0.566. The summed E-state index contributed by atoms with van der Waals surface area (Å²) in [6, 6.07) is 5.12. The number of hydrogen-bond acceptors (Lipinski definition) is 2. The summed E-state index contributed by atoms with van der Waals surface area (Å²) in [7, 11) is 1.52. The zero-order valence-corrected chi connectivity index (χ0v) is 9.88. The lowest BCUT2D eigenvalue weighted by Gasteiger charge is -2.14. The fraction of sp³-hybridized carbons (Fsp3) is 0.538. The topological polar surface area (TPSA) is 21.3 Å². The summed E-state index contributed by atoms with van der Waals surface area (Å²) < 4.78 is 30.3. The Morgan fingerprint density at radius 3 is 2.88 bits per heavy atom. The van der Waals surface area contributed by atoms with Crippen LogP contribution in [0.3, 0.4) is 0 Å². The number of nitrogens with one attached hydrogen (secondary N) is 1. The monoisotopic (exact) mass is 241 g/mol. The molecule has 1 heterocycles. The number of alkyl halides is 2. The van der Waals surface area contributed by atoms with Gasteiger partial charge in [-0.2, -0.15) is 0 Å². The van der Waals surface area contributed by atoms with Crippen molar-refractivity contribution in [2.75, 3.05) is 13.7 Å². The van der Waals surface area contributed by atoms with Crippen LogP contribution in [0.25, 0.3) is 0 Å². The maximum Gasteiger partial charge on any atom is 0.263 e. The molecule has 1 aliphatic heterocycles. The highest BCUT2D eigenvalue weighted by atomic mass is 19.3. The smallest absolute Gasteiger partial charge is 0.263 e. The van der Waals surface area contributed by atoms with Gasteiger partial charge in [-0.1, -0.05) is 12.1 Å². The van der Waals surface area contributed by atoms with Gasteiger partial charge in [0.05, 0.1) is 7.11 Å². The molecule has 2 rings (SSSR count). The molecule has 0 amide bonds. The van der Waals surface area contributed by atoms with E-state index in [1.807, 2.05) is 0 Å². The van der Waals surface area contributed by atoms with E-state index in [0.29, 0.717) is 11.8 Å². The summed E-state index contributed by atoms with van der Waals surface area (Å²) in [5, 5.41) is 3.39. The van der Waals surface area contributed by atoms with Gasteiger partial charge in [0.25, 0.3) is 6.43 Å². The van der Waals surface area contributed by atoms with Crippen LogP contribution >= 0.6 is 0 Å². The molecule has 17 heavy (non-hydrogen) atoms. The molecule has 1 N–H and O–H groups in total. The molecule has 4 heteroatoms. The molecule has 1 unspecified atom stereocenters. The predicted molar refractivity (Wildman–Crippen MR) is 62.7 cm³/mol. The first kappa shape index (κ1) is 12.3. The molecule has 1 aromatic carbocycles. The Labute approximate surface area is 100.0 Å². The van der Waals surface area contributed by atoms with E-state index in [1.54, 1.807) is 6.07 Å². The first-order valence-electron chi connectivity index (χ1n) is 5.89. The minimum atomic E-state index is -2.44. The molecule has 0 saturated carbocycles. The lowest BCUT2D eigenvalue weighted by atomic mass is 10.0. The summed E-state index contributed by atoms with van der Waals surface area (Å²) in [4.78, 5) is 0. The van der Waals surface area contributed by atoms with Crippen LogP contribution in [0.2, 0.25) is 0 Å². The third-order valence-electron chi connectivity index (χ3n) is 3.19. The van der Waals surface area contributed by atoms with E-state index < -0.39 is 6.43 Å². The Kier molecular flexibility index (Phi) is 3.94. The molecular weight excluding hydrogens is 224 g/mol. The normalized spacial score (nSPS) is 19.9. The summed E-state index contributed by atoms with van der Waals surface area (Å²) in [6.45, 7) is 1.04. The Bertz CT molecular complexity index is 376. The van der Waals surface area contributed by atoms with Gasteiger partial charge >= 0.3 is 0 Å². The number of halogens is 2. The Morgan fingerprint density at radius 2 is 2.29 bits per heavy atom. The first-order valence-corrected chi connectivity index (χ1v) is 5.89. The van der Waals surface area contributed by atoms with Crippen molar-refractivity contribution in [3.05, 3.63) is 29.3 Å². The van der Waals surface area contributed by atoms with Crippen molar-refractivity contribution in [2.45, 2.75) is 31.7 Å². The summed E-state index contributed by atoms with van der Waals surface area (Å²) in [5.41, 5.74) is 1.02. The van der Waals surface area contributed by atoms with Crippen molar-refractivity contribution in [1.29, 1.82) is 0 Å². The van der Waals surface area contributed by atoms with Gasteiger partial charge in [-0.05, 0) is 37.4 Å². The predicted octanol–water partition coefficient (Wildman–Crippen LogP) is 2.93. The zero-order chi connectivity index (χ0) is 12.3. The largest absolute Gasteiger partial charge is 0.496 e. The minimum Gasteiger partial charge on any atom is -0.496 e. The number of methoxy groups -OCH3 is 1. The quantitative estimate of drug-likeness (QED) is 0.875. The SMILES string of the molecule is COc1cc(C(F)F)ccc1CC1CCCN1. The van der Waals surface area contributed by atoms with E-state index in [0.717, 1.165) is 24.9 Å². The van der Waals surface area contributed by atoms with Crippen LogP contribution < -0.4 is 10.1 Å². The maximum absolute atomic E-state index is 12.6. The molecule has 0 aromatic heterocycles. The molecule has 94 valence electrons. The second-order valence-electron chi connectivity index (χ2n) is 4.37. The Balaban J connectivity index is 2.15. The number of hydrogen-bond donors (Lipinski definition) is 1. The number of ether oxygens (including phenoxy) is 1. The average Bonchev–Trinajstić information content (AvgIpc) is 2.82. The van der Waals surface area contributed by atoms with Crippen molar-refractivity contribution in [2.24, 2.45) is 0 Å². The third-order valence-corrected chi connectivity index (χ3v) is 3.19. The molecule has 0 radical (unpaired) electrons. The van der Waals surface area contributed by atoms with Crippen LogP contribution in [-0.2, 0) is 6.42 Å². The molecule has 0 bridgehead atoms. The van der Waals surface area contributed by atoms with Crippen molar-refractivity contribution in [1.82, 2.24) is 5.32 Å². The van der Waals surface area contributed by atoms with E-state index in [2.05, 4.69) is 5.32 Å². The van der Waals surface area contributed by atoms with Crippen molar-refractivity contribution >= 4 is 0 Å². The van der Waals surface area contributed by atoms with Gasteiger partial charge in [0.15, 0.2) is 0 Å². The first-order chi connectivity index (χ1) is 8.20. The molecular formula is C13H17F2NO. The lowest BCUT2D eigenvalue weighted by molar-refractivity contribution is 0.151. The molecule has 2 nitrogen and oxygen atoms in total. The molecule has 1 saturated heterocycles. The molecule has 1 fully saturated rings. The minimum absolute atomic E-state index is 0.0185. The highest BCUT2D eigenvalue weighted by molar-refractivity contribution is 5.38. The van der Waals surface area contributed by atoms with Gasteiger partial charge in [0.2, 0.25) is 0 Å². The van der Waals surface area contributed by atoms with Gasteiger partial charge < -0.3 is 10.1 Å². The van der Waals surface area contributed by atoms with E-state index in [-0.39, 0.29) is 5.56 Å². The van der Waals surface area contributed by atoms with Crippen molar-refractivity contribution < 1.29 is 13.5 Å². The molecule has 1 atom stereocenters. The van der Waals surface area contributed by atoms with Gasteiger partial charge in [0, 0.05) is 11.6 Å². The zero-order valence-electron chi connectivity index (χ0n) is 9.88. The number of benzene rings is 1. The van der Waals surface area contributed by atoms with Crippen LogP contribution in [-0.4, -0.2) is 19.7 Å². The maximum atomic E-state index is 12.6. The van der Waals surface area contributed by atoms with E-state index in [4.69, 9.17) is 4.74 Å². The van der Waals surface area contributed by atoms with Crippen molar-refractivity contribution in [3.8, 4) is 5.75 Å². The fourth-order valence-electron chi connectivity index (χ4n) is 2.26. The summed E-state index contributed by atoms with van der Waals surface area (Å²) >= 11 is 0. The van der Waals surface area contributed by atoms with E-state index in [1.165, 1.54) is 25.7 Å². The average molecular weight is 241 g/mol. The highest BCUT2D eigenvalue weighted by Crippen LogP contribution is 2.28. The lowest BCUT2D eigenvalue weighted by Crippen LogP contribution is -2.23. The van der Waals surface area contributed by atoms with Gasteiger partial charge in [-0.15, -0.1) is 0 Å². The van der Waals surface area contributed by atoms with Crippen LogP contribution in [0.5, 0.6) is 5.75 Å². The van der Waals surface area contributed by atoms with Crippen LogP contribution in [0, 0.1) is 0 Å². The highest BCUT2D eigenvalue weighted by Gasteiger charge is 2.17. The molecule has 1 aromatic rings. The van der Waals surface area contributed by atoms with Crippen molar-refractivity contribution in [3.63, 3.8) is 0 Å². The van der Waals surface area contributed by atoms with Gasteiger partial charge in [-0.25, -0.2) is 8.78 Å². The molecule has 0 spiro atoms. The Hall–Kier alpha value is -1.16. The van der Waals surface area contributed by atoms with E-state index in [9.17, 15) is 8.78 Å². The molecule has 1 aliphatic rings. The van der Waals surface area contributed by atoms with Gasteiger partial charge in [-0.3, -0.25) is 0 Å². The second kappa shape index (κ2) is 5.45. The Morgan fingerprint density at radius 1 is 1.47 bits per heavy atom. The van der Waals surface area contributed by atoms with Gasteiger partial charge in [0.1, 0.15) is 5.75 Å². The van der Waals surface area contributed by atoms with E-state index >= 15 is 0 Å². The van der Waals surface area contributed by atoms with Crippen LogP contribution in [0.4, 0.5) is 8.78 Å².